The first-order valence-electron chi connectivity index (χ1n) is 15.1. The zero-order chi connectivity index (χ0) is 32.2. The first-order valence-corrected chi connectivity index (χ1v) is 15.5. The van der Waals surface area contributed by atoms with Crippen molar-refractivity contribution in [3.63, 3.8) is 0 Å². The molecular weight excluding hydrogens is 631 g/mol. The van der Waals surface area contributed by atoms with Crippen molar-refractivity contribution >= 4 is 47.2 Å². The standard InChI is InChI=1S/C33H39ClN6O5.ClH/c1-19(37-18-27(41)21-14-22(17-35)30(36)26(34)15-21)32(42)39-12-10-23(11-13-39)40-33(43)25-7-5-4-6-24(25)31(38-40)20-8-9-28(44-2)29(16-20)45-3;/h4-5,8-9,14-16,19,23-25,27,37,41H,6-7,10-13,18,36H2,1-3H3;1H/t19-,24-,25+,27?;/m0./s1. The van der Waals surface area contributed by atoms with Gasteiger partial charge in [-0.15, -0.1) is 12.4 Å². The number of aliphatic hydroxyl groups excluding tert-OH is 1. The first kappa shape index (κ1) is 35.0. The second-order valence-electron chi connectivity index (χ2n) is 11.7. The van der Waals surface area contributed by atoms with E-state index in [1.54, 1.807) is 31.1 Å². The Kier molecular flexibility index (Phi) is 11.6. The molecule has 0 aromatic heterocycles. The van der Waals surface area contributed by atoms with Crippen LogP contribution in [0.1, 0.15) is 55.4 Å². The van der Waals surface area contributed by atoms with E-state index >= 15 is 0 Å². The fourth-order valence-electron chi connectivity index (χ4n) is 6.35. The Balaban J connectivity index is 0.00000480. The van der Waals surface area contributed by atoms with Crippen LogP contribution in [0.25, 0.3) is 0 Å². The van der Waals surface area contributed by atoms with Crippen molar-refractivity contribution in [3.8, 4) is 17.6 Å². The number of halogens is 2. The van der Waals surface area contributed by atoms with Crippen LogP contribution in [0, 0.1) is 23.2 Å². The van der Waals surface area contributed by atoms with Gasteiger partial charge in [0.1, 0.15) is 6.07 Å². The minimum atomic E-state index is -0.988. The summed E-state index contributed by atoms with van der Waals surface area (Å²) in [5.74, 6) is 0.969. The van der Waals surface area contributed by atoms with Crippen molar-refractivity contribution in [2.45, 2.75) is 50.8 Å². The SMILES string of the molecule is COc1ccc(C2=NN(C3CCN(C(=O)[C@H](C)NCC(O)c4cc(Cl)c(N)c(C#N)c4)CC3)C(=O)[C@@H]3CC=CC[C@H]23)cc1OC.Cl. The van der Waals surface area contributed by atoms with E-state index in [-0.39, 0.29) is 64.9 Å². The van der Waals surface area contributed by atoms with E-state index in [9.17, 15) is 20.0 Å². The number of nitrogens with two attached hydrogens (primary N) is 1. The highest BCUT2D eigenvalue weighted by Gasteiger charge is 2.43. The summed E-state index contributed by atoms with van der Waals surface area (Å²) < 4.78 is 11.0. The number of nitrogens with one attached hydrogen (secondary N) is 1. The molecule has 2 aromatic carbocycles. The number of nitrogens with zero attached hydrogens (tertiary/aromatic N) is 4. The number of ether oxygens (including phenoxy) is 2. The van der Waals surface area contributed by atoms with Gasteiger partial charge < -0.3 is 30.5 Å². The number of rotatable bonds is 9. The third-order valence-corrected chi connectivity index (χ3v) is 9.30. The number of nitriles is 1. The fraction of sp³-hybridized carbons (Fsp3) is 0.455. The van der Waals surface area contributed by atoms with Gasteiger partial charge >= 0.3 is 0 Å². The summed E-state index contributed by atoms with van der Waals surface area (Å²) in [5.41, 5.74) is 8.37. The third kappa shape index (κ3) is 7.10. The smallest absolute Gasteiger partial charge is 0.247 e. The molecular formula is C33H40Cl2N6O5. The van der Waals surface area contributed by atoms with Gasteiger partial charge in [-0.05, 0) is 68.5 Å². The summed E-state index contributed by atoms with van der Waals surface area (Å²) in [6.07, 6.45) is 5.82. The van der Waals surface area contributed by atoms with Crippen LogP contribution in [-0.2, 0) is 9.59 Å². The van der Waals surface area contributed by atoms with Crippen LogP contribution >= 0.6 is 24.0 Å². The predicted molar refractivity (Wildman–Crippen MR) is 178 cm³/mol. The van der Waals surface area contributed by atoms with E-state index in [0.717, 1.165) is 17.7 Å². The summed E-state index contributed by atoms with van der Waals surface area (Å²) in [4.78, 5) is 28.8. The van der Waals surface area contributed by atoms with E-state index in [0.29, 0.717) is 49.4 Å². The molecule has 0 radical (unpaired) electrons. The molecule has 3 aliphatic rings. The lowest BCUT2D eigenvalue weighted by Crippen LogP contribution is -2.54. The van der Waals surface area contributed by atoms with Gasteiger partial charge in [0.2, 0.25) is 11.8 Å². The zero-order valence-electron chi connectivity index (χ0n) is 26.1. The van der Waals surface area contributed by atoms with Gasteiger partial charge in [0.15, 0.2) is 11.5 Å². The average molecular weight is 672 g/mol. The van der Waals surface area contributed by atoms with Crippen LogP contribution in [0.2, 0.25) is 5.02 Å². The monoisotopic (exact) mass is 670 g/mol. The topological polar surface area (TPSA) is 154 Å². The lowest BCUT2D eigenvalue weighted by Gasteiger charge is -2.43. The molecule has 246 valence electrons. The van der Waals surface area contributed by atoms with Crippen LogP contribution in [0.15, 0.2) is 47.6 Å². The normalized spacial score (nSPS) is 21.0. The number of benzene rings is 2. The van der Waals surface area contributed by atoms with Gasteiger partial charge in [-0.2, -0.15) is 10.4 Å². The van der Waals surface area contributed by atoms with Gasteiger partial charge in [-0.25, -0.2) is 5.01 Å². The molecule has 5 rings (SSSR count). The predicted octanol–water partition coefficient (Wildman–Crippen LogP) is 4.06. The van der Waals surface area contributed by atoms with E-state index in [4.69, 9.17) is 31.9 Å². The van der Waals surface area contributed by atoms with Crippen molar-refractivity contribution in [3.05, 3.63) is 64.2 Å². The third-order valence-electron chi connectivity index (χ3n) is 8.99. The maximum atomic E-state index is 13.7. The number of aliphatic hydroxyl groups is 1. The number of anilines is 1. The Bertz CT molecular complexity index is 1550. The molecule has 46 heavy (non-hydrogen) atoms. The molecule has 13 heteroatoms. The molecule has 1 unspecified atom stereocenters. The molecule has 4 atom stereocenters. The van der Waals surface area contributed by atoms with Gasteiger partial charge in [0.25, 0.3) is 0 Å². The lowest BCUT2D eigenvalue weighted by atomic mass is 9.76. The number of nitrogen functional groups attached to an aromatic ring is 1. The lowest BCUT2D eigenvalue weighted by molar-refractivity contribution is -0.142. The summed E-state index contributed by atoms with van der Waals surface area (Å²) >= 11 is 6.12. The number of methoxy groups -OCH3 is 2. The molecule has 0 spiro atoms. The molecule has 1 saturated heterocycles. The number of allylic oxidation sites excluding steroid dienone is 2. The van der Waals surface area contributed by atoms with Crippen LogP contribution in [-0.4, -0.2) is 78.5 Å². The number of fused-ring (bicyclic) bond motifs is 1. The van der Waals surface area contributed by atoms with Gasteiger partial charge in [0, 0.05) is 31.1 Å². The number of hydrogen-bond donors (Lipinski definition) is 3. The van der Waals surface area contributed by atoms with E-state index in [1.807, 2.05) is 24.3 Å². The van der Waals surface area contributed by atoms with Crippen molar-refractivity contribution in [2.75, 3.05) is 39.6 Å². The van der Waals surface area contributed by atoms with Crippen molar-refractivity contribution in [1.82, 2.24) is 15.2 Å². The van der Waals surface area contributed by atoms with E-state index in [2.05, 4.69) is 17.5 Å². The second-order valence-corrected chi connectivity index (χ2v) is 12.1. The number of carbonyl (C=O) groups excluding carboxylic acids is 2. The minimum absolute atomic E-state index is 0. The van der Waals surface area contributed by atoms with Crippen molar-refractivity contribution in [2.24, 2.45) is 16.9 Å². The minimum Gasteiger partial charge on any atom is -0.493 e. The Labute approximate surface area is 280 Å². The van der Waals surface area contributed by atoms with Gasteiger partial charge in [-0.3, -0.25) is 9.59 Å². The molecule has 2 amide bonds. The number of amides is 2. The highest BCUT2D eigenvalue weighted by atomic mass is 35.5. The Morgan fingerprint density at radius 1 is 1.15 bits per heavy atom. The van der Waals surface area contributed by atoms with Gasteiger partial charge in [-0.1, -0.05) is 23.8 Å². The number of carbonyl (C=O) groups is 2. The molecule has 11 nitrogen and oxygen atoms in total. The first-order chi connectivity index (χ1) is 21.7. The Hall–Kier alpha value is -3.82. The molecule has 1 fully saturated rings. The van der Waals surface area contributed by atoms with Crippen LogP contribution in [0.4, 0.5) is 5.69 Å². The number of likely N-dealkylation sites (tertiary alicyclic amines) is 1. The Morgan fingerprint density at radius 3 is 2.48 bits per heavy atom. The summed E-state index contributed by atoms with van der Waals surface area (Å²) in [6.45, 7) is 2.80. The second kappa shape index (κ2) is 15.2. The number of hydrogen-bond acceptors (Lipinski definition) is 9. The zero-order valence-corrected chi connectivity index (χ0v) is 27.7. The quantitative estimate of drug-likeness (QED) is 0.267. The summed E-state index contributed by atoms with van der Waals surface area (Å²) in [7, 11) is 3.19. The molecule has 2 aliphatic heterocycles. The van der Waals surface area contributed by atoms with Crippen LogP contribution in [0.3, 0.4) is 0 Å². The molecule has 1 aliphatic carbocycles. The van der Waals surface area contributed by atoms with E-state index in [1.165, 1.54) is 12.1 Å². The molecule has 2 heterocycles. The number of piperidine rings is 1. The summed E-state index contributed by atoms with van der Waals surface area (Å²) in [5, 5.41) is 29.9. The maximum Gasteiger partial charge on any atom is 0.247 e. The summed E-state index contributed by atoms with van der Waals surface area (Å²) in [6, 6.07) is 10.0. The largest absolute Gasteiger partial charge is 0.493 e. The van der Waals surface area contributed by atoms with Crippen LogP contribution in [0.5, 0.6) is 11.5 Å². The van der Waals surface area contributed by atoms with E-state index < -0.39 is 12.1 Å². The Morgan fingerprint density at radius 2 is 1.83 bits per heavy atom. The number of hydrazone groups is 1. The average Bonchev–Trinajstić information content (AvgIpc) is 3.07. The highest BCUT2D eigenvalue weighted by molar-refractivity contribution is 6.33. The van der Waals surface area contributed by atoms with Crippen molar-refractivity contribution in [1.29, 1.82) is 5.26 Å². The molecule has 4 N–H and O–H groups in total. The highest BCUT2D eigenvalue weighted by Crippen LogP contribution is 2.38. The molecule has 0 saturated carbocycles. The maximum absolute atomic E-state index is 13.7. The molecule has 2 aromatic rings. The molecule has 0 bridgehead atoms. The van der Waals surface area contributed by atoms with Crippen molar-refractivity contribution < 1.29 is 24.2 Å². The van der Waals surface area contributed by atoms with Gasteiger partial charge in [0.05, 0.1) is 60.3 Å². The fourth-order valence-corrected chi connectivity index (χ4v) is 6.58. The van der Waals surface area contributed by atoms with Crippen LogP contribution < -0.4 is 20.5 Å².